The van der Waals surface area contributed by atoms with E-state index in [1.807, 2.05) is 31.2 Å². The molecule has 0 fully saturated rings. The van der Waals surface area contributed by atoms with Crippen LogP contribution in [0.5, 0.6) is 0 Å². The van der Waals surface area contributed by atoms with Crippen LogP contribution in [-0.4, -0.2) is 5.91 Å². The number of carbonyl (C=O) groups excluding carboxylic acids is 1. The molecule has 0 bridgehead atoms. The zero-order valence-corrected chi connectivity index (χ0v) is 12.4. The number of nitrogen functional groups attached to an aromatic ring is 1. The van der Waals surface area contributed by atoms with Crippen LogP contribution in [0.1, 0.15) is 28.9 Å². The molecule has 1 unspecified atom stereocenters. The van der Waals surface area contributed by atoms with Gasteiger partial charge < -0.3 is 11.1 Å². The predicted molar refractivity (Wildman–Crippen MR) is 80.8 cm³/mol. The van der Waals surface area contributed by atoms with Crippen molar-refractivity contribution in [3.05, 3.63) is 63.9 Å². The molecule has 0 spiro atoms. The third kappa shape index (κ3) is 3.36. The number of nitrogens with one attached hydrogen (secondary N) is 1. The number of hydrogen-bond donors (Lipinski definition) is 2. The lowest BCUT2D eigenvalue weighted by Crippen LogP contribution is -2.27. The molecule has 0 aliphatic heterocycles. The Hall–Kier alpha value is -1.88. The van der Waals surface area contributed by atoms with E-state index in [2.05, 4.69) is 21.2 Å². The largest absolute Gasteiger partial charge is 0.399 e. The van der Waals surface area contributed by atoms with Gasteiger partial charge in [0.05, 0.1) is 11.6 Å². The fraction of sp³-hybridized carbons (Fsp3) is 0.133. The summed E-state index contributed by atoms with van der Waals surface area (Å²) in [6.07, 6.45) is 0. The maximum Gasteiger partial charge on any atom is 0.254 e. The van der Waals surface area contributed by atoms with Crippen molar-refractivity contribution in [2.24, 2.45) is 0 Å². The van der Waals surface area contributed by atoms with Gasteiger partial charge in [0.25, 0.3) is 5.91 Å². The predicted octanol–water partition coefficient (Wildman–Crippen LogP) is 3.66. The van der Waals surface area contributed by atoms with Crippen LogP contribution >= 0.6 is 15.9 Å². The van der Waals surface area contributed by atoms with Crippen LogP contribution in [0.4, 0.5) is 10.1 Å². The molecular weight excluding hydrogens is 323 g/mol. The van der Waals surface area contributed by atoms with Crippen molar-refractivity contribution in [3.63, 3.8) is 0 Å². The second-order valence-electron chi connectivity index (χ2n) is 4.49. The molecule has 0 aromatic heterocycles. The summed E-state index contributed by atoms with van der Waals surface area (Å²) in [4.78, 5) is 12.1. The minimum Gasteiger partial charge on any atom is -0.399 e. The Morgan fingerprint density at radius 2 is 1.90 bits per heavy atom. The minimum absolute atomic E-state index is 0.0473. The average molecular weight is 337 g/mol. The SMILES string of the molecule is CC(NC(=O)c1cc(N)ccc1F)c1ccc(Br)cc1. The van der Waals surface area contributed by atoms with Crippen molar-refractivity contribution >= 4 is 27.5 Å². The van der Waals surface area contributed by atoms with Crippen molar-refractivity contribution in [2.75, 3.05) is 5.73 Å². The first kappa shape index (κ1) is 14.5. The van der Waals surface area contributed by atoms with E-state index in [1.54, 1.807) is 0 Å². The lowest BCUT2D eigenvalue weighted by Gasteiger charge is -2.15. The third-order valence-electron chi connectivity index (χ3n) is 2.95. The topological polar surface area (TPSA) is 55.1 Å². The number of benzene rings is 2. The van der Waals surface area contributed by atoms with Crippen LogP contribution in [-0.2, 0) is 0 Å². The van der Waals surface area contributed by atoms with Crippen LogP contribution < -0.4 is 11.1 Å². The fourth-order valence-corrected chi connectivity index (χ4v) is 2.09. The highest BCUT2D eigenvalue weighted by Gasteiger charge is 2.15. The number of hydrogen-bond acceptors (Lipinski definition) is 2. The number of amides is 1. The molecule has 0 radical (unpaired) electrons. The Kier molecular flexibility index (Phi) is 4.39. The number of rotatable bonds is 3. The van der Waals surface area contributed by atoms with E-state index in [4.69, 9.17) is 5.73 Å². The number of carbonyl (C=O) groups is 1. The summed E-state index contributed by atoms with van der Waals surface area (Å²) in [5.74, 6) is -1.06. The Morgan fingerprint density at radius 3 is 2.55 bits per heavy atom. The molecule has 0 aliphatic carbocycles. The summed E-state index contributed by atoms with van der Waals surface area (Å²) in [6, 6.07) is 11.3. The van der Waals surface area contributed by atoms with E-state index in [0.29, 0.717) is 5.69 Å². The standard InChI is InChI=1S/C15H14BrFN2O/c1-9(10-2-4-11(16)5-3-10)19-15(20)13-8-12(18)6-7-14(13)17/h2-9H,18H2,1H3,(H,19,20). The summed E-state index contributed by atoms with van der Waals surface area (Å²) >= 11 is 3.35. The molecular formula is C15H14BrFN2O. The Bertz CT molecular complexity index is 628. The molecule has 0 saturated heterocycles. The lowest BCUT2D eigenvalue weighted by atomic mass is 10.1. The molecule has 104 valence electrons. The zero-order chi connectivity index (χ0) is 14.7. The molecule has 1 atom stereocenters. The maximum atomic E-state index is 13.6. The van der Waals surface area contributed by atoms with E-state index in [0.717, 1.165) is 10.0 Å². The van der Waals surface area contributed by atoms with Gasteiger partial charge in [-0.05, 0) is 42.8 Å². The molecule has 0 aliphatic rings. The van der Waals surface area contributed by atoms with E-state index in [9.17, 15) is 9.18 Å². The van der Waals surface area contributed by atoms with Gasteiger partial charge >= 0.3 is 0 Å². The maximum absolute atomic E-state index is 13.6. The van der Waals surface area contributed by atoms with E-state index in [-0.39, 0.29) is 11.6 Å². The van der Waals surface area contributed by atoms with Crippen molar-refractivity contribution in [1.29, 1.82) is 0 Å². The monoisotopic (exact) mass is 336 g/mol. The molecule has 5 heteroatoms. The fourth-order valence-electron chi connectivity index (χ4n) is 1.83. The zero-order valence-electron chi connectivity index (χ0n) is 10.9. The van der Waals surface area contributed by atoms with E-state index < -0.39 is 11.7 Å². The molecule has 0 heterocycles. The molecule has 1 amide bonds. The van der Waals surface area contributed by atoms with Gasteiger partial charge in [-0.3, -0.25) is 4.79 Å². The van der Waals surface area contributed by atoms with Crippen molar-refractivity contribution in [1.82, 2.24) is 5.32 Å². The highest BCUT2D eigenvalue weighted by atomic mass is 79.9. The second-order valence-corrected chi connectivity index (χ2v) is 5.40. The molecule has 2 aromatic rings. The summed E-state index contributed by atoms with van der Waals surface area (Å²) in [6.45, 7) is 1.84. The van der Waals surface area contributed by atoms with Crippen LogP contribution in [0, 0.1) is 5.82 Å². The van der Waals surface area contributed by atoms with E-state index >= 15 is 0 Å². The van der Waals surface area contributed by atoms with E-state index in [1.165, 1.54) is 18.2 Å². The van der Waals surface area contributed by atoms with Crippen molar-refractivity contribution in [2.45, 2.75) is 13.0 Å². The van der Waals surface area contributed by atoms with Gasteiger partial charge in [-0.25, -0.2) is 4.39 Å². The van der Waals surface area contributed by atoms with Crippen LogP contribution in [0.15, 0.2) is 46.9 Å². The Labute approximate surface area is 125 Å². The average Bonchev–Trinajstić information content (AvgIpc) is 2.42. The van der Waals surface area contributed by atoms with Gasteiger partial charge in [-0.1, -0.05) is 28.1 Å². The first-order valence-electron chi connectivity index (χ1n) is 6.08. The second kappa shape index (κ2) is 6.05. The summed E-state index contributed by atoms with van der Waals surface area (Å²) < 4.78 is 14.6. The van der Waals surface area contributed by atoms with Gasteiger partial charge in [0.1, 0.15) is 5.82 Å². The molecule has 20 heavy (non-hydrogen) atoms. The Balaban J connectivity index is 2.15. The number of nitrogens with two attached hydrogens (primary N) is 1. The quantitative estimate of drug-likeness (QED) is 0.840. The molecule has 2 rings (SSSR count). The summed E-state index contributed by atoms with van der Waals surface area (Å²) in [5, 5.41) is 2.75. The van der Waals surface area contributed by atoms with Crippen LogP contribution in [0.3, 0.4) is 0 Å². The van der Waals surface area contributed by atoms with Crippen molar-refractivity contribution < 1.29 is 9.18 Å². The van der Waals surface area contributed by atoms with Crippen LogP contribution in [0.2, 0.25) is 0 Å². The third-order valence-corrected chi connectivity index (χ3v) is 3.48. The highest BCUT2D eigenvalue weighted by molar-refractivity contribution is 9.10. The normalized spacial score (nSPS) is 11.9. The van der Waals surface area contributed by atoms with Gasteiger partial charge in [0, 0.05) is 10.2 Å². The first-order chi connectivity index (χ1) is 9.47. The molecule has 0 saturated carbocycles. The number of halogens is 2. The van der Waals surface area contributed by atoms with Gasteiger partial charge in [-0.15, -0.1) is 0 Å². The first-order valence-corrected chi connectivity index (χ1v) is 6.88. The minimum atomic E-state index is -0.584. The van der Waals surface area contributed by atoms with Gasteiger partial charge in [0.15, 0.2) is 0 Å². The van der Waals surface area contributed by atoms with Crippen LogP contribution in [0.25, 0.3) is 0 Å². The molecule has 2 aromatic carbocycles. The Morgan fingerprint density at radius 1 is 1.25 bits per heavy atom. The van der Waals surface area contributed by atoms with Gasteiger partial charge in [-0.2, -0.15) is 0 Å². The van der Waals surface area contributed by atoms with Gasteiger partial charge in [0.2, 0.25) is 0 Å². The van der Waals surface area contributed by atoms with Crippen molar-refractivity contribution in [3.8, 4) is 0 Å². The smallest absolute Gasteiger partial charge is 0.254 e. The highest BCUT2D eigenvalue weighted by Crippen LogP contribution is 2.18. The number of anilines is 1. The lowest BCUT2D eigenvalue weighted by molar-refractivity contribution is 0.0936. The summed E-state index contributed by atoms with van der Waals surface area (Å²) in [5.41, 5.74) is 6.82. The molecule has 3 N–H and O–H groups in total. The summed E-state index contributed by atoms with van der Waals surface area (Å²) in [7, 11) is 0. The molecule has 3 nitrogen and oxygen atoms in total.